The first-order chi connectivity index (χ1) is 6.74. The Bertz CT molecular complexity index is 293. The molecule has 0 atom stereocenters. The minimum atomic E-state index is -0.149. The summed E-state index contributed by atoms with van der Waals surface area (Å²) < 4.78 is 19.0. The summed E-state index contributed by atoms with van der Waals surface area (Å²) in [5.41, 5.74) is 0.745. The molecule has 0 aliphatic heterocycles. The van der Waals surface area contributed by atoms with E-state index < -0.39 is 0 Å². The molecule has 0 heterocycles. The fourth-order valence-corrected chi connectivity index (χ4v) is 2.18. The van der Waals surface area contributed by atoms with Crippen LogP contribution in [0.5, 0.6) is 0 Å². The molecule has 0 aliphatic carbocycles. The van der Waals surface area contributed by atoms with Gasteiger partial charge < -0.3 is 4.74 Å². The van der Waals surface area contributed by atoms with E-state index in [2.05, 4.69) is 15.9 Å². The Balaban J connectivity index is 2.42. The van der Waals surface area contributed by atoms with E-state index in [-0.39, 0.29) is 5.82 Å². The predicted octanol–water partition coefficient (Wildman–Crippen LogP) is 3.47. The Morgan fingerprint density at radius 1 is 1.50 bits per heavy atom. The molecule has 0 fully saturated rings. The highest BCUT2D eigenvalue weighted by Crippen LogP contribution is 2.19. The van der Waals surface area contributed by atoms with Gasteiger partial charge in [-0.25, -0.2) is 4.39 Å². The summed E-state index contributed by atoms with van der Waals surface area (Å²) in [7, 11) is 1.67. The number of hydrogen-bond acceptors (Lipinski definition) is 2. The molecule has 0 radical (unpaired) electrons. The van der Waals surface area contributed by atoms with Crippen LogP contribution in [0.1, 0.15) is 5.56 Å². The van der Waals surface area contributed by atoms with E-state index in [1.165, 1.54) is 6.07 Å². The normalized spacial score (nSPS) is 10.5. The molecule has 0 amide bonds. The van der Waals surface area contributed by atoms with Crippen molar-refractivity contribution in [1.82, 2.24) is 0 Å². The molecule has 4 heteroatoms. The highest BCUT2D eigenvalue weighted by molar-refractivity contribution is 9.10. The maximum Gasteiger partial charge on any atom is 0.128 e. The molecule has 0 aliphatic rings. The van der Waals surface area contributed by atoms with Gasteiger partial charge in [0.1, 0.15) is 5.82 Å². The molecule has 1 aromatic rings. The topological polar surface area (TPSA) is 9.23 Å². The standard InChI is InChI=1S/C10H12BrFOS/c1-13-4-5-14-7-8-2-3-9(11)6-10(8)12/h2-3,6H,4-5,7H2,1H3. The molecule has 0 bridgehead atoms. The monoisotopic (exact) mass is 278 g/mol. The minimum Gasteiger partial charge on any atom is -0.384 e. The van der Waals surface area contributed by atoms with Gasteiger partial charge in [-0.1, -0.05) is 22.0 Å². The van der Waals surface area contributed by atoms with Crippen molar-refractivity contribution in [3.63, 3.8) is 0 Å². The molecule has 0 aromatic heterocycles. The number of benzene rings is 1. The SMILES string of the molecule is COCCSCc1ccc(Br)cc1F. The molecule has 0 unspecified atom stereocenters. The fraction of sp³-hybridized carbons (Fsp3) is 0.400. The number of methoxy groups -OCH3 is 1. The van der Waals surface area contributed by atoms with Crippen LogP contribution in [0.4, 0.5) is 4.39 Å². The Kier molecular flexibility index (Phi) is 5.52. The molecule has 78 valence electrons. The third kappa shape index (κ3) is 3.98. The van der Waals surface area contributed by atoms with Gasteiger partial charge in [0.15, 0.2) is 0 Å². The maximum absolute atomic E-state index is 13.3. The van der Waals surface area contributed by atoms with Crippen molar-refractivity contribution >= 4 is 27.7 Å². The molecule has 1 rings (SSSR count). The number of ether oxygens (including phenoxy) is 1. The summed E-state index contributed by atoms with van der Waals surface area (Å²) in [5.74, 6) is 1.44. The first kappa shape index (κ1) is 12.0. The van der Waals surface area contributed by atoms with Crippen molar-refractivity contribution in [3.8, 4) is 0 Å². The van der Waals surface area contributed by atoms with Gasteiger partial charge in [0.05, 0.1) is 6.61 Å². The molecule has 14 heavy (non-hydrogen) atoms. The van der Waals surface area contributed by atoms with Gasteiger partial charge in [0.25, 0.3) is 0 Å². The van der Waals surface area contributed by atoms with Gasteiger partial charge in [0.2, 0.25) is 0 Å². The Morgan fingerprint density at radius 3 is 2.93 bits per heavy atom. The zero-order valence-corrected chi connectivity index (χ0v) is 10.3. The van der Waals surface area contributed by atoms with Crippen LogP contribution in [0.2, 0.25) is 0 Å². The van der Waals surface area contributed by atoms with Gasteiger partial charge in [-0.3, -0.25) is 0 Å². The average Bonchev–Trinajstić information content (AvgIpc) is 2.15. The zero-order chi connectivity index (χ0) is 10.4. The van der Waals surface area contributed by atoms with Crippen molar-refractivity contribution < 1.29 is 9.13 Å². The van der Waals surface area contributed by atoms with E-state index >= 15 is 0 Å². The number of rotatable bonds is 5. The highest BCUT2D eigenvalue weighted by atomic mass is 79.9. The fourth-order valence-electron chi connectivity index (χ4n) is 0.963. The summed E-state index contributed by atoms with van der Waals surface area (Å²) in [5, 5.41) is 0. The lowest BCUT2D eigenvalue weighted by molar-refractivity contribution is 0.218. The summed E-state index contributed by atoms with van der Waals surface area (Å²) in [6.45, 7) is 0.711. The van der Waals surface area contributed by atoms with Gasteiger partial charge in [-0.2, -0.15) is 11.8 Å². The van der Waals surface area contributed by atoms with Crippen LogP contribution >= 0.6 is 27.7 Å². The molecular formula is C10H12BrFOS. The Labute approximate surface area is 96.2 Å². The van der Waals surface area contributed by atoms with Gasteiger partial charge in [-0.15, -0.1) is 0 Å². The smallest absolute Gasteiger partial charge is 0.128 e. The molecule has 1 nitrogen and oxygen atoms in total. The van der Waals surface area contributed by atoms with Crippen molar-refractivity contribution in [2.24, 2.45) is 0 Å². The highest BCUT2D eigenvalue weighted by Gasteiger charge is 2.02. The van der Waals surface area contributed by atoms with Crippen LogP contribution < -0.4 is 0 Å². The van der Waals surface area contributed by atoms with Gasteiger partial charge in [-0.05, 0) is 17.7 Å². The number of halogens is 2. The van der Waals surface area contributed by atoms with Crippen molar-refractivity contribution in [2.45, 2.75) is 5.75 Å². The third-order valence-corrected chi connectivity index (χ3v) is 3.17. The predicted molar refractivity (Wildman–Crippen MR) is 62.1 cm³/mol. The number of thioether (sulfide) groups is 1. The van der Waals surface area contributed by atoms with E-state index in [0.717, 1.165) is 15.8 Å². The maximum atomic E-state index is 13.3. The van der Waals surface area contributed by atoms with E-state index in [1.807, 2.05) is 6.07 Å². The lowest BCUT2D eigenvalue weighted by Crippen LogP contribution is -1.93. The van der Waals surface area contributed by atoms with E-state index in [1.54, 1.807) is 24.9 Å². The van der Waals surface area contributed by atoms with Gasteiger partial charge in [0, 0.05) is 23.1 Å². The quantitative estimate of drug-likeness (QED) is 0.763. The molecule has 0 saturated carbocycles. The van der Waals surface area contributed by atoms with Crippen LogP contribution in [0.25, 0.3) is 0 Å². The summed E-state index contributed by atoms with van der Waals surface area (Å²) in [4.78, 5) is 0. The Morgan fingerprint density at radius 2 is 2.29 bits per heavy atom. The summed E-state index contributed by atoms with van der Waals surface area (Å²) in [6, 6.07) is 5.15. The van der Waals surface area contributed by atoms with E-state index in [0.29, 0.717) is 12.4 Å². The second-order valence-electron chi connectivity index (χ2n) is 2.78. The van der Waals surface area contributed by atoms with E-state index in [9.17, 15) is 4.39 Å². The third-order valence-electron chi connectivity index (χ3n) is 1.70. The largest absolute Gasteiger partial charge is 0.384 e. The van der Waals surface area contributed by atoms with Crippen LogP contribution in [0.3, 0.4) is 0 Å². The number of hydrogen-bond donors (Lipinski definition) is 0. The second kappa shape index (κ2) is 6.43. The Hall–Kier alpha value is -0.0600. The second-order valence-corrected chi connectivity index (χ2v) is 4.80. The lowest BCUT2D eigenvalue weighted by Gasteiger charge is -2.03. The first-order valence-corrected chi connectivity index (χ1v) is 6.19. The van der Waals surface area contributed by atoms with Crippen molar-refractivity contribution in [3.05, 3.63) is 34.1 Å². The summed E-state index contributed by atoms with van der Waals surface area (Å²) >= 11 is 4.89. The van der Waals surface area contributed by atoms with E-state index in [4.69, 9.17) is 4.74 Å². The van der Waals surface area contributed by atoms with Crippen LogP contribution in [0.15, 0.2) is 22.7 Å². The molecule has 0 spiro atoms. The molecular weight excluding hydrogens is 267 g/mol. The van der Waals surface area contributed by atoms with Crippen molar-refractivity contribution in [1.29, 1.82) is 0 Å². The molecule has 0 saturated heterocycles. The minimum absolute atomic E-state index is 0.149. The summed E-state index contributed by atoms with van der Waals surface area (Å²) in [6.07, 6.45) is 0. The van der Waals surface area contributed by atoms with Crippen LogP contribution in [0, 0.1) is 5.82 Å². The molecule has 0 N–H and O–H groups in total. The average molecular weight is 279 g/mol. The van der Waals surface area contributed by atoms with Crippen molar-refractivity contribution in [2.75, 3.05) is 19.5 Å². The van der Waals surface area contributed by atoms with Crippen LogP contribution in [-0.2, 0) is 10.5 Å². The van der Waals surface area contributed by atoms with Gasteiger partial charge >= 0.3 is 0 Å². The zero-order valence-electron chi connectivity index (χ0n) is 7.93. The first-order valence-electron chi connectivity index (χ1n) is 4.24. The van der Waals surface area contributed by atoms with Crippen LogP contribution in [-0.4, -0.2) is 19.5 Å². The molecule has 1 aromatic carbocycles. The lowest BCUT2D eigenvalue weighted by atomic mass is 10.2.